The lowest BCUT2D eigenvalue weighted by Gasteiger charge is -2.36. The van der Waals surface area contributed by atoms with Gasteiger partial charge in [0, 0.05) is 41.0 Å². The van der Waals surface area contributed by atoms with Gasteiger partial charge in [0.05, 0.1) is 13.2 Å². The highest BCUT2D eigenvalue weighted by Gasteiger charge is 2.37. The Balaban J connectivity index is 2.82. The second-order valence-corrected chi connectivity index (χ2v) is 13.7. The van der Waals surface area contributed by atoms with Crippen molar-refractivity contribution in [3.63, 3.8) is 0 Å². The minimum atomic E-state index is -1.81. The van der Waals surface area contributed by atoms with Gasteiger partial charge in [-0.15, -0.1) is 0 Å². The third kappa shape index (κ3) is 8.96. The zero-order valence-electron chi connectivity index (χ0n) is 17.9. The summed E-state index contributed by atoms with van der Waals surface area (Å²) in [6.07, 6.45) is 5.84. The smallest absolute Gasteiger partial charge is 0.192 e. The Kier molecular flexibility index (Phi) is 11.2. The number of unbranched alkanes of at least 4 members (excludes halogenated alkanes) is 3. The topological polar surface area (TPSA) is 29.5 Å². The molecular formula is C24H33IO2Si. The molecule has 0 aliphatic heterocycles. The quantitative estimate of drug-likeness (QED) is 0.187. The first-order valence-electron chi connectivity index (χ1n) is 9.82. The van der Waals surface area contributed by atoms with Crippen molar-refractivity contribution in [3.05, 3.63) is 41.0 Å². The fraction of sp³-hybridized carbons (Fsp3) is 0.500. The Morgan fingerprint density at radius 3 is 2.39 bits per heavy atom. The Morgan fingerprint density at radius 1 is 1.14 bits per heavy atom. The Labute approximate surface area is 186 Å². The number of hydrogen-bond donors (Lipinski definition) is 1. The van der Waals surface area contributed by atoms with Crippen LogP contribution in [0.3, 0.4) is 0 Å². The molecule has 0 unspecified atom stereocenters. The van der Waals surface area contributed by atoms with E-state index in [0.717, 1.165) is 42.4 Å². The fourth-order valence-electron chi connectivity index (χ4n) is 2.24. The maximum Gasteiger partial charge on any atom is 0.192 e. The Morgan fingerprint density at radius 2 is 1.79 bits per heavy atom. The maximum absolute atomic E-state index is 9.70. The Hall–Kier alpha value is -1.05. The number of hydrogen-bond acceptors (Lipinski definition) is 2. The summed E-state index contributed by atoms with van der Waals surface area (Å²) in [5.74, 6) is 9.36. The van der Waals surface area contributed by atoms with Gasteiger partial charge in [-0.25, -0.2) is 0 Å². The molecule has 0 radical (unpaired) electrons. The molecule has 0 aromatic heterocycles. The number of aliphatic hydroxyl groups is 1. The van der Waals surface area contributed by atoms with Crippen molar-refractivity contribution < 1.29 is 9.53 Å². The average molecular weight is 509 g/mol. The van der Waals surface area contributed by atoms with E-state index in [1.165, 1.54) is 0 Å². The highest BCUT2D eigenvalue weighted by molar-refractivity contribution is 14.1. The lowest BCUT2D eigenvalue weighted by atomic mass is 10.1. The molecule has 0 aliphatic rings. The van der Waals surface area contributed by atoms with Crippen LogP contribution in [0.1, 0.15) is 57.6 Å². The standard InChI is InChI=1S/C24H33IO2Si/c1-24(2,3)28(4,5)27-20-23-16-12-11-15-22(23)18-21(19-26)14-10-8-6-7-9-13-17-25/h11-12,15-16,18,26H,6-9,19-20H2,1-5H3. The van der Waals surface area contributed by atoms with E-state index in [1.54, 1.807) is 0 Å². The molecule has 2 nitrogen and oxygen atoms in total. The van der Waals surface area contributed by atoms with Crippen molar-refractivity contribution in [1.29, 1.82) is 0 Å². The number of halogens is 1. The van der Waals surface area contributed by atoms with Crippen LogP contribution in [0, 0.1) is 21.7 Å². The number of aliphatic hydroxyl groups excluding tert-OH is 1. The van der Waals surface area contributed by atoms with E-state index in [2.05, 4.69) is 90.3 Å². The lowest BCUT2D eigenvalue weighted by molar-refractivity contribution is 0.276. The zero-order valence-corrected chi connectivity index (χ0v) is 21.0. The molecule has 0 saturated carbocycles. The molecule has 0 fully saturated rings. The summed E-state index contributed by atoms with van der Waals surface area (Å²) in [5, 5.41) is 9.88. The second-order valence-electron chi connectivity index (χ2n) is 8.36. The molecule has 1 aromatic rings. The molecule has 1 aromatic carbocycles. The van der Waals surface area contributed by atoms with Gasteiger partial charge in [0.25, 0.3) is 0 Å². The van der Waals surface area contributed by atoms with E-state index in [1.807, 2.05) is 18.2 Å². The first-order chi connectivity index (χ1) is 13.2. The van der Waals surface area contributed by atoms with E-state index in [4.69, 9.17) is 4.43 Å². The second kappa shape index (κ2) is 12.5. The van der Waals surface area contributed by atoms with Crippen LogP contribution >= 0.6 is 22.6 Å². The summed E-state index contributed by atoms with van der Waals surface area (Å²) < 4.78 is 9.26. The summed E-state index contributed by atoms with van der Waals surface area (Å²) in [6, 6.07) is 8.20. The van der Waals surface area contributed by atoms with Gasteiger partial charge in [-0.1, -0.05) is 62.8 Å². The summed E-state index contributed by atoms with van der Waals surface area (Å²) in [7, 11) is -1.81. The van der Waals surface area contributed by atoms with Crippen LogP contribution in [0.25, 0.3) is 6.08 Å². The van der Waals surface area contributed by atoms with Gasteiger partial charge in [-0.3, -0.25) is 0 Å². The fourth-order valence-corrected chi connectivity index (χ4v) is 3.46. The van der Waals surface area contributed by atoms with Crippen LogP contribution in [0.5, 0.6) is 0 Å². The molecule has 152 valence electrons. The van der Waals surface area contributed by atoms with Gasteiger partial charge >= 0.3 is 0 Å². The van der Waals surface area contributed by atoms with E-state index >= 15 is 0 Å². The molecule has 4 heteroatoms. The predicted molar refractivity (Wildman–Crippen MR) is 132 cm³/mol. The summed E-state index contributed by atoms with van der Waals surface area (Å²) in [6.45, 7) is 11.8. The van der Waals surface area contributed by atoms with Crippen molar-refractivity contribution in [2.45, 2.75) is 71.2 Å². The molecule has 1 rings (SSSR count). The first kappa shape index (κ1) is 25.0. The van der Waals surface area contributed by atoms with E-state index < -0.39 is 8.32 Å². The van der Waals surface area contributed by atoms with Gasteiger partial charge in [0.15, 0.2) is 8.32 Å². The molecular weight excluding hydrogens is 475 g/mol. The van der Waals surface area contributed by atoms with Gasteiger partial charge in [-0.2, -0.15) is 0 Å². The Bertz CT molecular complexity index is 768. The molecule has 0 heterocycles. The van der Waals surface area contributed by atoms with Crippen LogP contribution in [0.2, 0.25) is 18.1 Å². The number of benzene rings is 1. The predicted octanol–water partition coefficient (Wildman–Crippen LogP) is 6.54. The van der Waals surface area contributed by atoms with Crippen molar-refractivity contribution in [1.82, 2.24) is 0 Å². The molecule has 0 aliphatic carbocycles. The molecule has 28 heavy (non-hydrogen) atoms. The van der Waals surface area contributed by atoms with Crippen LogP contribution < -0.4 is 0 Å². The van der Waals surface area contributed by atoms with E-state index in [9.17, 15) is 5.11 Å². The zero-order chi connectivity index (χ0) is 21.0. The van der Waals surface area contributed by atoms with E-state index in [0.29, 0.717) is 6.61 Å². The van der Waals surface area contributed by atoms with Crippen molar-refractivity contribution >= 4 is 37.0 Å². The van der Waals surface area contributed by atoms with Crippen LogP contribution in [-0.2, 0) is 11.0 Å². The van der Waals surface area contributed by atoms with Gasteiger partial charge in [-0.05, 0) is 52.1 Å². The van der Waals surface area contributed by atoms with E-state index in [-0.39, 0.29) is 11.6 Å². The number of rotatable bonds is 8. The summed E-state index contributed by atoms with van der Waals surface area (Å²) in [5.41, 5.74) is 2.95. The third-order valence-corrected chi connectivity index (χ3v) is 9.98. The highest BCUT2D eigenvalue weighted by Crippen LogP contribution is 2.37. The molecule has 0 saturated heterocycles. The van der Waals surface area contributed by atoms with Crippen LogP contribution in [0.15, 0.2) is 29.8 Å². The molecule has 0 spiro atoms. The minimum absolute atomic E-state index is 0.0509. The molecule has 1 N–H and O–H groups in total. The van der Waals surface area contributed by atoms with Gasteiger partial charge in [0.2, 0.25) is 0 Å². The highest BCUT2D eigenvalue weighted by atomic mass is 127. The van der Waals surface area contributed by atoms with Gasteiger partial charge < -0.3 is 9.53 Å². The third-order valence-electron chi connectivity index (χ3n) is 5.12. The van der Waals surface area contributed by atoms with Crippen LogP contribution in [0.4, 0.5) is 0 Å². The largest absolute Gasteiger partial charge is 0.413 e. The van der Waals surface area contributed by atoms with Crippen molar-refractivity contribution in [3.8, 4) is 21.7 Å². The first-order valence-corrected chi connectivity index (χ1v) is 13.8. The average Bonchev–Trinajstić information content (AvgIpc) is 2.64. The van der Waals surface area contributed by atoms with Crippen molar-refractivity contribution in [2.24, 2.45) is 0 Å². The van der Waals surface area contributed by atoms with Crippen LogP contribution in [-0.4, -0.2) is 20.0 Å². The minimum Gasteiger partial charge on any atom is -0.413 e. The lowest BCUT2D eigenvalue weighted by Crippen LogP contribution is -2.40. The normalized spacial score (nSPS) is 12.0. The summed E-state index contributed by atoms with van der Waals surface area (Å²) in [4.78, 5) is 0. The monoisotopic (exact) mass is 508 g/mol. The molecule has 0 atom stereocenters. The SMILES string of the molecule is CC(C)(C)[Si](C)(C)OCc1ccccc1C=C(C#CCCCCC#CI)CO. The van der Waals surface area contributed by atoms with Gasteiger partial charge in [0.1, 0.15) is 0 Å². The summed E-state index contributed by atoms with van der Waals surface area (Å²) >= 11 is 2.07. The molecule has 0 amide bonds. The molecule has 0 bridgehead atoms. The maximum atomic E-state index is 9.70. The van der Waals surface area contributed by atoms with Crippen molar-refractivity contribution in [2.75, 3.05) is 6.61 Å².